The highest BCUT2D eigenvalue weighted by Gasteiger charge is 2.21. The molecule has 4 rings (SSSR count). The molecular formula is C23H30N6O2S. The SMILES string of the molecule is Cc1cccc(CN=Nc2cc(N3CCOCC3)cc(OCCN3CCN(C)C3=S)n2)c1. The second-order valence-electron chi connectivity index (χ2n) is 8.05. The van der Waals surface area contributed by atoms with Crippen molar-refractivity contribution in [3.63, 3.8) is 0 Å². The predicted octanol–water partition coefficient (Wildman–Crippen LogP) is 3.42. The molecule has 9 heteroatoms. The molecule has 2 saturated heterocycles. The summed E-state index contributed by atoms with van der Waals surface area (Å²) in [6, 6.07) is 12.2. The zero-order valence-corrected chi connectivity index (χ0v) is 19.6. The van der Waals surface area contributed by atoms with Gasteiger partial charge in [0.05, 0.1) is 26.3 Å². The molecular weight excluding hydrogens is 424 g/mol. The second-order valence-corrected chi connectivity index (χ2v) is 8.41. The number of anilines is 1. The van der Waals surface area contributed by atoms with Crippen LogP contribution in [0.15, 0.2) is 46.6 Å². The van der Waals surface area contributed by atoms with Crippen molar-refractivity contribution in [1.82, 2.24) is 14.8 Å². The first kappa shape index (κ1) is 22.4. The summed E-state index contributed by atoms with van der Waals surface area (Å²) in [7, 11) is 2.02. The third kappa shape index (κ3) is 5.92. The van der Waals surface area contributed by atoms with Gasteiger partial charge in [-0.1, -0.05) is 29.8 Å². The van der Waals surface area contributed by atoms with Crippen LogP contribution < -0.4 is 9.64 Å². The Balaban J connectivity index is 1.44. The first-order valence-electron chi connectivity index (χ1n) is 11.0. The molecule has 2 fully saturated rings. The molecule has 1 aromatic heterocycles. The molecule has 2 aliphatic rings. The average Bonchev–Trinajstić information content (AvgIpc) is 3.12. The largest absolute Gasteiger partial charge is 0.476 e. The summed E-state index contributed by atoms with van der Waals surface area (Å²) in [5.41, 5.74) is 3.37. The molecule has 0 saturated carbocycles. The lowest BCUT2D eigenvalue weighted by molar-refractivity contribution is 0.122. The van der Waals surface area contributed by atoms with E-state index in [1.54, 1.807) is 0 Å². The van der Waals surface area contributed by atoms with Gasteiger partial charge in [0, 0.05) is 51.0 Å². The quantitative estimate of drug-likeness (QED) is 0.447. The van der Waals surface area contributed by atoms with Gasteiger partial charge in [0.1, 0.15) is 6.61 Å². The van der Waals surface area contributed by atoms with Gasteiger partial charge in [-0.15, -0.1) is 5.11 Å². The summed E-state index contributed by atoms with van der Waals surface area (Å²) in [4.78, 5) is 11.1. The van der Waals surface area contributed by atoms with Crippen molar-refractivity contribution in [2.24, 2.45) is 10.2 Å². The number of hydrogen-bond donors (Lipinski definition) is 0. The highest BCUT2D eigenvalue weighted by atomic mass is 32.1. The van der Waals surface area contributed by atoms with Gasteiger partial charge < -0.3 is 24.2 Å². The zero-order valence-electron chi connectivity index (χ0n) is 18.7. The number of thiocarbonyl (C=S) groups is 1. The van der Waals surface area contributed by atoms with Crippen molar-refractivity contribution >= 4 is 28.8 Å². The van der Waals surface area contributed by atoms with Crippen LogP contribution in [0.3, 0.4) is 0 Å². The number of benzene rings is 1. The molecule has 0 spiro atoms. The lowest BCUT2D eigenvalue weighted by Crippen LogP contribution is -2.36. The van der Waals surface area contributed by atoms with Crippen molar-refractivity contribution in [3.05, 3.63) is 47.5 Å². The number of morpholine rings is 1. The molecule has 170 valence electrons. The van der Waals surface area contributed by atoms with E-state index in [9.17, 15) is 0 Å². The predicted molar refractivity (Wildman–Crippen MR) is 129 cm³/mol. The van der Waals surface area contributed by atoms with E-state index >= 15 is 0 Å². The van der Waals surface area contributed by atoms with Crippen LogP contribution >= 0.6 is 12.2 Å². The van der Waals surface area contributed by atoms with E-state index < -0.39 is 0 Å². The molecule has 32 heavy (non-hydrogen) atoms. The maximum Gasteiger partial charge on any atom is 0.217 e. The van der Waals surface area contributed by atoms with Crippen LogP contribution in [0, 0.1) is 6.92 Å². The topological polar surface area (TPSA) is 65.8 Å². The summed E-state index contributed by atoms with van der Waals surface area (Å²) in [5.74, 6) is 1.10. The fourth-order valence-electron chi connectivity index (χ4n) is 3.78. The van der Waals surface area contributed by atoms with Gasteiger partial charge in [0.15, 0.2) is 10.9 Å². The molecule has 1 aromatic carbocycles. The molecule has 2 aliphatic heterocycles. The van der Waals surface area contributed by atoms with Crippen LogP contribution in [0.5, 0.6) is 5.88 Å². The number of rotatable bonds is 8. The third-order valence-corrected chi connectivity index (χ3v) is 6.14. The van der Waals surface area contributed by atoms with Crippen molar-refractivity contribution < 1.29 is 9.47 Å². The fourth-order valence-corrected chi connectivity index (χ4v) is 4.05. The van der Waals surface area contributed by atoms with Crippen LogP contribution in [-0.4, -0.2) is 79.5 Å². The Labute approximate surface area is 194 Å². The van der Waals surface area contributed by atoms with Gasteiger partial charge in [-0.25, -0.2) is 0 Å². The average molecular weight is 455 g/mol. The zero-order chi connectivity index (χ0) is 22.3. The van der Waals surface area contributed by atoms with Crippen molar-refractivity contribution in [2.75, 3.05) is 64.5 Å². The number of nitrogens with zero attached hydrogens (tertiary/aromatic N) is 6. The number of aryl methyl sites for hydroxylation is 1. The molecule has 8 nitrogen and oxygen atoms in total. The van der Waals surface area contributed by atoms with Crippen molar-refractivity contribution in [3.8, 4) is 5.88 Å². The van der Waals surface area contributed by atoms with Crippen LogP contribution in [0.2, 0.25) is 0 Å². The number of pyridine rings is 1. The van der Waals surface area contributed by atoms with Crippen LogP contribution in [0.25, 0.3) is 0 Å². The highest BCUT2D eigenvalue weighted by molar-refractivity contribution is 7.80. The van der Waals surface area contributed by atoms with Gasteiger partial charge >= 0.3 is 0 Å². The van der Waals surface area contributed by atoms with E-state index in [1.165, 1.54) is 5.56 Å². The van der Waals surface area contributed by atoms with E-state index in [4.69, 9.17) is 21.7 Å². The Hall–Kier alpha value is -2.78. The first-order valence-corrected chi connectivity index (χ1v) is 11.4. The van der Waals surface area contributed by atoms with E-state index in [1.807, 2.05) is 25.2 Å². The molecule has 0 amide bonds. The van der Waals surface area contributed by atoms with Gasteiger partial charge in [-0.2, -0.15) is 10.1 Å². The van der Waals surface area contributed by atoms with Crippen LogP contribution in [0.1, 0.15) is 11.1 Å². The maximum absolute atomic E-state index is 6.01. The molecule has 0 N–H and O–H groups in total. The van der Waals surface area contributed by atoms with E-state index in [-0.39, 0.29) is 0 Å². The molecule has 0 radical (unpaired) electrons. The maximum atomic E-state index is 6.01. The molecule has 2 aromatic rings. The van der Waals surface area contributed by atoms with E-state index in [0.717, 1.165) is 49.1 Å². The number of likely N-dealkylation sites (N-methyl/N-ethyl adjacent to an activating group) is 1. The van der Waals surface area contributed by atoms with Gasteiger partial charge in [0.2, 0.25) is 5.88 Å². The van der Waals surface area contributed by atoms with Crippen molar-refractivity contribution in [1.29, 1.82) is 0 Å². The molecule has 3 heterocycles. The Morgan fingerprint density at radius 1 is 1.12 bits per heavy atom. The second kappa shape index (κ2) is 10.7. The Bertz CT molecular complexity index is 963. The summed E-state index contributed by atoms with van der Waals surface area (Å²) < 4.78 is 11.5. The first-order chi connectivity index (χ1) is 15.6. The lowest BCUT2D eigenvalue weighted by Gasteiger charge is -2.29. The van der Waals surface area contributed by atoms with E-state index in [0.29, 0.717) is 38.1 Å². The number of azo groups is 1. The Morgan fingerprint density at radius 2 is 1.97 bits per heavy atom. The lowest BCUT2D eigenvalue weighted by atomic mass is 10.1. The number of ether oxygens (including phenoxy) is 2. The van der Waals surface area contributed by atoms with Crippen LogP contribution in [0.4, 0.5) is 11.5 Å². The Morgan fingerprint density at radius 3 is 2.72 bits per heavy atom. The van der Waals surface area contributed by atoms with Gasteiger partial charge in [0.25, 0.3) is 0 Å². The highest BCUT2D eigenvalue weighted by Crippen LogP contribution is 2.26. The Kier molecular flexibility index (Phi) is 7.49. The summed E-state index contributed by atoms with van der Waals surface area (Å²) >= 11 is 5.45. The van der Waals surface area contributed by atoms with Gasteiger partial charge in [-0.3, -0.25) is 0 Å². The minimum atomic E-state index is 0.507. The minimum absolute atomic E-state index is 0.507. The monoisotopic (exact) mass is 454 g/mol. The minimum Gasteiger partial charge on any atom is -0.476 e. The standard InChI is InChI=1S/C23H30N6O2S/c1-18-4-3-5-19(14-18)17-24-26-21-15-20(28-8-11-30-12-9-28)16-22(25-21)31-13-10-29-7-6-27(2)23(29)32/h3-5,14-16H,6-13,17H2,1-2H3. The van der Waals surface area contributed by atoms with E-state index in [2.05, 4.69) is 55.0 Å². The third-order valence-electron chi connectivity index (χ3n) is 5.57. The molecule has 0 bridgehead atoms. The van der Waals surface area contributed by atoms with Gasteiger partial charge in [-0.05, 0) is 24.7 Å². The number of aromatic nitrogens is 1. The van der Waals surface area contributed by atoms with Crippen LogP contribution in [-0.2, 0) is 11.3 Å². The number of hydrogen-bond acceptors (Lipinski definition) is 7. The summed E-state index contributed by atoms with van der Waals surface area (Å²) in [5, 5.41) is 9.64. The van der Waals surface area contributed by atoms with Crippen molar-refractivity contribution in [2.45, 2.75) is 13.5 Å². The summed E-state index contributed by atoms with van der Waals surface area (Å²) in [6.07, 6.45) is 0. The molecule has 0 unspecified atom stereocenters. The smallest absolute Gasteiger partial charge is 0.217 e. The normalized spacial score (nSPS) is 16.9. The summed E-state index contributed by atoms with van der Waals surface area (Å²) in [6.45, 7) is 8.80. The fraction of sp³-hybridized carbons (Fsp3) is 0.478. The molecule has 0 aliphatic carbocycles. The molecule has 0 atom stereocenters.